The quantitative estimate of drug-likeness (QED) is 0.721. The third kappa shape index (κ3) is 1.90. The van der Waals surface area contributed by atoms with E-state index in [-0.39, 0.29) is 5.78 Å². The third-order valence-electron chi connectivity index (χ3n) is 2.46. The van der Waals surface area contributed by atoms with Crippen LogP contribution in [-0.4, -0.2) is 5.78 Å². The second kappa shape index (κ2) is 3.91. The number of rotatable bonds is 2. The summed E-state index contributed by atoms with van der Waals surface area (Å²) in [6.45, 7) is 6.08. The van der Waals surface area contributed by atoms with Crippen molar-refractivity contribution in [1.82, 2.24) is 0 Å². The van der Waals surface area contributed by atoms with Gasteiger partial charge in [-0.05, 0) is 49.4 Å². The predicted molar refractivity (Wildman–Crippen MR) is 66.3 cm³/mol. The molecule has 0 bridgehead atoms. The summed E-state index contributed by atoms with van der Waals surface area (Å²) in [6, 6.07) is 3.98. The van der Waals surface area contributed by atoms with Crippen LogP contribution in [0, 0.1) is 20.8 Å². The Morgan fingerprint density at radius 2 is 1.93 bits per heavy atom. The normalized spacial score (nSPS) is 10.6. The highest BCUT2D eigenvalue weighted by atomic mass is 32.1. The number of hydrogen-bond acceptors (Lipinski definition) is 3. The molecule has 0 N–H and O–H groups in total. The molecule has 0 fully saturated rings. The average molecular weight is 236 g/mol. The molecule has 0 aliphatic heterocycles. The number of thiophene rings is 2. The lowest BCUT2D eigenvalue weighted by atomic mass is 10.2. The van der Waals surface area contributed by atoms with Gasteiger partial charge in [-0.15, -0.1) is 22.7 Å². The molecule has 1 nitrogen and oxygen atoms in total. The van der Waals surface area contributed by atoms with Crippen molar-refractivity contribution in [3.8, 4) is 0 Å². The molecule has 0 spiro atoms. The van der Waals surface area contributed by atoms with Crippen LogP contribution in [0.15, 0.2) is 17.5 Å². The second-order valence-electron chi connectivity index (χ2n) is 3.61. The molecular formula is C12H12OS2. The molecule has 0 aromatic carbocycles. The van der Waals surface area contributed by atoms with E-state index in [1.807, 2.05) is 31.4 Å². The van der Waals surface area contributed by atoms with Crippen LogP contribution in [0.2, 0.25) is 0 Å². The van der Waals surface area contributed by atoms with Crippen molar-refractivity contribution in [2.75, 3.05) is 0 Å². The highest BCUT2D eigenvalue weighted by Gasteiger charge is 2.15. The molecule has 0 aliphatic carbocycles. The minimum Gasteiger partial charge on any atom is -0.287 e. The van der Waals surface area contributed by atoms with E-state index >= 15 is 0 Å². The van der Waals surface area contributed by atoms with Crippen LogP contribution >= 0.6 is 22.7 Å². The fourth-order valence-electron chi connectivity index (χ4n) is 1.40. The van der Waals surface area contributed by atoms with E-state index in [4.69, 9.17) is 0 Å². The van der Waals surface area contributed by atoms with Gasteiger partial charge in [-0.25, -0.2) is 0 Å². The molecule has 0 unspecified atom stereocenters. The van der Waals surface area contributed by atoms with Gasteiger partial charge in [0.05, 0.1) is 9.75 Å². The molecule has 15 heavy (non-hydrogen) atoms. The first-order valence-electron chi connectivity index (χ1n) is 4.75. The Hall–Kier alpha value is -0.930. The number of ketones is 1. The summed E-state index contributed by atoms with van der Waals surface area (Å²) in [6.07, 6.45) is 0. The maximum Gasteiger partial charge on any atom is 0.213 e. The molecule has 0 aliphatic rings. The van der Waals surface area contributed by atoms with Gasteiger partial charge in [0.1, 0.15) is 0 Å². The van der Waals surface area contributed by atoms with Gasteiger partial charge in [-0.2, -0.15) is 0 Å². The maximum atomic E-state index is 12.1. The zero-order chi connectivity index (χ0) is 11.0. The van der Waals surface area contributed by atoms with Gasteiger partial charge in [-0.1, -0.05) is 0 Å². The first kappa shape index (κ1) is 10.6. The van der Waals surface area contributed by atoms with Gasteiger partial charge in [0.25, 0.3) is 0 Å². The van der Waals surface area contributed by atoms with Crippen LogP contribution < -0.4 is 0 Å². The molecule has 0 saturated heterocycles. The Morgan fingerprint density at radius 1 is 1.20 bits per heavy atom. The van der Waals surface area contributed by atoms with E-state index in [2.05, 4.69) is 6.92 Å². The predicted octanol–water partition coefficient (Wildman–Crippen LogP) is 3.97. The van der Waals surface area contributed by atoms with Gasteiger partial charge < -0.3 is 0 Å². The van der Waals surface area contributed by atoms with Gasteiger partial charge in [0, 0.05) is 4.88 Å². The summed E-state index contributed by atoms with van der Waals surface area (Å²) in [7, 11) is 0. The van der Waals surface area contributed by atoms with Crippen LogP contribution in [0.5, 0.6) is 0 Å². The van der Waals surface area contributed by atoms with Gasteiger partial charge in [0.2, 0.25) is 5.78 Å². The minimum absolute atomic E-state index is 0.170. The summed E-state index contributed by atoms with van der Waals surface area (Å²) in [4.78, 5) is 15.1. The van der Waals surface area contributed by atoms with E-state index in [0.29, 0.717) is 0 Å². The summed E-state index contributed by atoms with van der Waals surface area (Å²) < 4.78 is 0. The Labute approximate surface area is 97.4 Å². The summed E-state index contributed by atoms with van der Waals surface area (Å²) >= 11 is 3.11. The highest BCUT2D eigenvalue weighted by Crippen LogP contribution is 2.26. The lowest BCUT2D eigenvalue weighted by molar-refractivity contribution is 0.104. The molecule has 2 rings (SSSR count). The third-order valence-corrected chi connectivity index (χ3v) is 4.62. The standard InChI is InChI=1S/C12H12OS2/c1-7-4-5-14-12(7)11(13)10-6-8(2)9(3)15-10/h4-6H,1-3H3. The van der Waals surface area contributed by atoms with Gasteiger partial charge in [0.15, 0.2) is 0 Å². The molecule has 0 saturated carbocycles. The smallest absolute Gasteiger partial charge is 0.213 e. The van der Waals surface area contributed by atoms with Crippen LogP contribution in [0.25, 0.3) is 0 Å². The molecule has 2 aromatic rings. The van der Waals surface area contributed by atoms with Gasteiger partial charge in [-0.3, -0.25) is 4.79 Å². The van der Waals surface area contributed by atoms with Crippen molar-refractivity contribution in [2.24, 2.45) is 0 Å². The lowest BCUT2D eigenvalue weighted by Gasteiger charge is -1.94. The first-order valence-corrected chi connectivity index (χ1v) is 6.45. The Morgan fingerprint density at radius 3 is 2.40 bits per heavy atom. The average Bonchev–Trinajstić information content (AvgIpc) is 2.74. The molecule has 78 valence electrons. The van der Waals surface area contributed by atoms with Crippen molar-refractivity contribution in [3.05, 3.63) is 43.3 Å². The second-order valence-corrected chi connectivity index (χ2v) is 5.78. The van der Waals surface area contributed by atoms with E-state index in [1.54, 1.807) is 11.3 Å². The number of aryl methyl sites for hydroxylation is 3. The fourth-order valence-corrected chi connectivity index (χ4v) is 3.33. The molecule has 3 heteroatoms. The zero-order valence-electron chi connectivity index (χ0n) is 8.96. The number of hydrogen-bond donors (Lipinski definition) is 0. The van der Waals surface area contributed by atoms with Crippen LogP contribution in [-0.2, 0) is 0 Å². The molecular weight excluding hydrogens is 224 g/mol. The zero-order valence-corrected chi connectivity index (χ0v) is 10.6. The van der Waals surface area contributed by atoms with Crippen LogP contribution in [0.4, 0.5) is 0 Å². The number of carbonyl (C=O) groups is 1. The Kier molecular flexibility index (Phi) is 2.76. The molecule has 2 aromatic heterocycles. The highest BCUT2D eigenvalue weighted by molar-refractivity contribution is 7.17. The maximum absolute atomic E-state index is 12.1. The first-order chi connectivity index (χ1) is 7.09. The SMILES string of the molecule is Cc1cc(C(=O)c2sccc2C)sc1C. The monoisotopic (exact) mass is 236 g/mol. The van der Waals surface area contributed by atoms with Crippen LogP contribution in [0.1, 0.15) is 30.6 Å². The van der Waals surface area contributed by atoms with Gasteiger partial charge >= 0.3 is 0 Å². The lowest BCUT2D eigenvalue weighted by Crippen LogP contribution is -1.96. The number of carbonyl (C=O) groups excluding carboxylic acids is 1. The largest absolute Gasteiger partial charge is 0.287 e. The molecule has 0 atom stereocenters. The Bertz CT molecular complexity index is 486. The molecule has 2 heterocycles. The topological polar surface area (TPSA) is 17.1 Å². The van der Waals surface area contributed by atoms with Crippen LogP contribution in [0.3, 0.4) is 0 Å². The fraction of sp³-hybridized carbons (Fsp3) is 0.250. The van der Waals surface area contributed by atoms with Crippen molar-refractivity contribution < 1.29 is 4.79 Å². The van der Waals surface area contributed by atoms with Crippen molar-refractivity contribution in [2.45, 2.75) is 20.8 Å². The minimum atomic E-state index is 0.170. The van der Waals surface area contributed by atoms with Crippen molar-refractivity contribution in [3.63, 3.8) is 0 Å². The van der Waals surface area contributed by atoms with E-state index in [9.17, 15) is 4.79 Å². The van der Waals surface area contributed by atoms with E-state index in [0.717, 1.165) is 15.3 Å². The summed E-state index contributed by atoms with van der Waals surface area (Å²) in [5.74, 6) is 0.170. The Balaban J connectivity index is 2.41. The van der Waals surface area contributed by atoms with Crippen molar-refractivity contribution in [1.29, 1.82) is 0 Å². The molecule has 0 radical (unpaired) electrons. The summed E-state index contributed by atoms with van der Waals surface area (Å²) in [5, 5.41) is 1.97. The molecule has 0 amide bonds. The summed E-state index contributed by atoms with van der Waals surface area (Å²) in [5.41, 5.74) is 2.28. The van der Waals surface area contributed by atoms with E-state index < -0.39 is 0 Å². The van der Waals surface area contributed by atoms with Crippen molar-refractivity contribution >= 4 is 28.5 Å². The van der Waals surface area contributed by atoms with E-state index in [1.165, 1.54) is 21.8 Å².